The van der Waals surface area contributed by atoms with Crippen molar-refractivity contribution in [3.05, 3.63) is 94.6 Å². The van der Waals surface area contributed by atoms with Gasteiger partial charge in [0.1, 0.15) is 30.4 Å². The van der Waals surface area contributed by atoms with Gasteiger partial charge in [-0.3, -0.25) is 4.79 Å². The van der Waals surface area contributed by atoms with Crippen LogP contribution in [-0.4, -0.2) is 17.5 Å². The number of carbonyl (C=O) groups is 1. The predicted molar refractivity (Wildman–Crippen MR) is 131 cm³/mol. The maximum atomic E-state index is 12.3. The normalized spacial score (nSPS) is 10.8. The Morgan fingerprint density at radius 2 is 1.50 bits per heavy atom. The molecule has 34 heavy (non-hydrogen) atoms. The van der Waals surface area contributed by atoms with Crippen molar-refractivity contribution in [1.29, 1.82) is 0 Å². The third-order valence-electron chi connectivity index (χ3n) is 5.12. The summed E-state index contributed by atoms with van der Waals surface area (Å²) in [5.41, 5.74) is 14.3. The fourth-order valence-electron chi connectivity index (χ4n) is 3.35. The highest BCUT2D eigenvalue weighted by Gasteiger charge is 2.24. The van der Waals surface area contributed by atoms with Crippen molar-refractivity contribution in [2.45, 2.75) is 19.6 Å². The number of nitrogens with zero attached hydrogens (tertiary/aromatic N) is 1. The zero-order valence-electron chi connectivity index (χ0n) is 18.4. The number of nitrogen functional groups attached to an aromatic ring is 1. The lowest BCUT2D eigenvalue weighted by Gasteiger charge is -2.15. The van der Waals surface area contributed by atoms with E-state index >= 15 is 0 Å². The number of hydrogen-bond acceptors (Lipinski definition) is 7. The number of ether oxygens (including phenoxy) is 2. The summed E-state index contributed by atoms with van der Waals surface area (Å²) in [5, 5.41) is 4.20. The zero-order valence-corrected chi connectivity index (χ0v) is 19.1. The number of hydrogen-bond donors (Lipinski definition) is 2. The van der Waals surface area contributed by atoms with Crippen LogP contribution in [0.25, 0.3) is 11.3 Å². The Morgan fingerprint density at radius 3 is 2.09 bits per heavy atom. The van der Waals surface area contributed by atoms with E-state index in [0.29, 0.717) is 35.3 Å². The van der Waals surface area contributed by atoms with E-state index in [4.69, 9.17) is 37.1 Å². The molecule has 0 radical (unpaired) electrons. The summed E-state index contributed by atoms with van der Waals surface area (Å²) in [6.45, 7) is 0.812. The standard InChI is InChI=1S/C26H24ClN3O4/c27-20-13-19(26-24(29)25(30-34-26)21(31)11-12-28)22(32-15-17-7-3-1-4-8-17)14-23(20)33-16-18-9-5-2-6-10-18/h1-10,13-14H,11-12,15-16,28-29H2. The first kappa shape index (κ1) is 23.4. The zero-order chi connectivity index (χ0) is 23.9. The first-order valence-electron chi connectivity index (χ1n) is 10.7. The van der Waals surface area contributed by atoms with Crippen LogP contribution in [0.3, 0.4) is 0 Å². The van der Waals surface area contributed by atoms with Gasteiger partial charge in [-0.1, -0.05) is 77.4 Å². The smallest absolute Gasteiger partial charge is 0.194 e. The van der Waals surface area contributed by atoms with E-state index in [1.54, 1.807) is 12.1 Å². The van der Waals surface area contributed by atoms with Crippen molar-refractivity contribution in [3.8, 4) is 22.8 Å². The molecule has 0 saturated heterocycles. The Labute approximate surface area is 202 Å². The molecular formula is C26H24ClN3O4. The molecule has 0 fully saturated rings. The molecule has 0 amide bonds. The molecule has 0 bridgehead atoms. The van der Waals surface area contributed by atoms with Crippen LogP contribution < -0.4 is 20.9 Å². The number of carbonyl (C=O) groups excluding carboxylic acids is 1. The van der Waals surface area contributed by atoms with E-state index < -0.39 is 0 Å². The molecule has 3 aromatic carbocycles. The summed E-state index contributed by atoms with van der Waals surface area (Å²) in [7, 11) is 0. The second-order valence-corrected chi connectivity index (χ2v) is 7.97. The lowest BCUT2D eigenvalue weighted by molar-refractivity contribution is 0.0977. The van der Waals surface area contributed by atoms with Gasteiger partial charge in [-0.15, -0.1) is 0 Å². The lowest BCUT2D eigenvalue weighted by atomic mass is 10.1. The molecule has 0 saturated carbocycles. The molecule has 174 valence electrons. The number of anilines is 1. The fourth-order valence-corrected chi connectivity index (χ4v) is 3.57. The Bertz CT molecular complexity index is 1260. The molecular weight excluding hydrogens is 454 g/mol. The largest absolute Gasteiger partial charge is 0.488 e. The van der Waals surface area contributed by atoms with Gasteiger partial charge in [0.15, 0.2) is 17.2 Å². The number of nitrogens with two attached hydrogens (primary N) is 2. The van der Waals surface area contributed by atoms with Crippen molar-refractivity contribution >= 4 is 23.1 Å². The van der Waals surface area contributed by atoms with Crippen molar-refractivity contribution in [2.75, 3.05) is 12.3 Å². The SMILES string of the molecule is NCCC(=O)c1noc(-c2cc(Cl)c(OCc3ccccc3)cc2OCc2ccccc2)c1N. The molecule has 4 aromatic rings. The molecule has 0 spiro atoms. The minimum Gasteiger partial charge on any atom is -0.488 e. The summed E-state index contributed by atoms with van der Waals surface area (Å²) in [4.78, 5) is 12.3. The molecule has 0 unspecified atom stereocenters. The minimum atomic E-state index is -0.296. The molecule has 0 aliphatic heterocycles. The maximum absolute atomic E-state index is 12.3. The van der Waals surface area contributed by atoms with Crippen LogP contribution >= 0.6 is 11.6 Å². The highest BCUT2D eigenvalue weighted by molar-refractivity contribution is 6.32. The van der Waals surface area contributed by atoms with Crippen LogP contribution in [0.15, 0.2) is 77.3 Å². The number of rotatable bonds is 10. The predicted octanol–water partition coefficient (Wildman–Crippen LogP) is 5.27. The van der Waals surface area contributed by atoms with Crippen molar-refractivity contribution < 1.29 is 18.8 Å². The summed E-state index contributed by atoms with van der Waals surface area (Å²) in [6, 6.07) is 22.8. The Hall–Kier alpha value is -3.81. The van der Waals surface area contributed by atoms with Crippen molar-refractivity contribution in [1.82, 2.24) is 5.16 Å². The van der Waals surface area contributed by atoms with Gasteiger partial charge in [-0.2, -0.15) is 0 Å². The van der Waals surface area contributed by atoms with E-state index in [1.165, 1.54) is 0 Å². The van der Waals surface area contributed by atoms with E-state index in [2.05, 4.69) is 5.16 Å². The highest BCUT2D eigenvalue weighted by atomic mass is 35.5. The number of ketones is 1. The van der Waals surface area contributed by atoms with Crippen LogP contribution in [0.1, 0.15) is 28.0 Å². The molecule has 7 nitrogen and oxygen atoms in total. The molecule has 0 aliphatic rings. The summed E-state index contributed by atoms with van der Waals surface area (Å²) in [5.74, 6) is 0.766. The van der Waals surface area contributed by atoms with E-state index in [1.807, 2.05) is 60.7 Å². The van der Waals surface area contributed by atoms with Crippen LogP contribution in [0.5, 0.6) is 11.5 Å². The van der Waals surface area contributed by atoms with Crippen LogP contribution in [0.4, 0.5) is 5.69 Å². The first-order chi connectivity index (χ1) is 16.6. The van der Waals surface area contributed by atoms with E-state index in [-0.39, 0.29) is 35.9 Å². The summed E-state index contributed by atoms with van der Waals surface area (Å²) >= 11 is 6.54. The maximum Gasteiger partial charge on any atom is 0.194 e. The Balaban J connectivity index is 1.68. The molecule has 4 N–H and O–H groups in total. The summed E-state index contributed by atoms with van der Waals surface area (Å²) < 4.78 is 17.5. The van der Waals surface area contributed by atoms with Gasteiger partial charge in [0, 0.05) is 12.5 Å². The Morgan fingerprint density at radius 1 is 0.912 bits per heavy atom. The monoisotopic (exact) mass is 477 g/mol. The van der Waals surface area contributed by atoms with Crippen molar-refractivity contribution in [3.63, 3.8) is 0 Å². The molecule has 1 aromatic heterocycles. The highest BCUT2D eigenvalue weighted by Crippen LogP contribution is 2.42. The quantitative estimate of drug-likeness (QED) is 0.299. The van der Waals surface area contributed by atoms with E-state index in [0.717, 1.165) is 11.1 Å². The van der Waals surface area contributed by atoms with Gasteiger partial charge in [0.05, 0.1) is 10.6 Å². The van der Waals surface area contributed by atoms with Gasteiger partial charge in [-0.25, -0.2) is 0 Å². The molecule has 4 rings (SSSR count). The van der Waals surface area contributed by atoms with Crippen LogP contribution in [-0.2, 0) is 13.2 Å². The average molecular weight is 478 g/mol. The van der Waals surface area contributed by atoms with Gasteiger partial charge in [0.2, 0.25) is 0 Å². The average Bonchev–Trinajstić information content (AvgIpc) is 3.25. The topological polar surface area (TPSA) is 114 Å². The minimum absolute atomic E-state index is 0.0370. The second kappa shape index (κ2) is 10.9. The molecule has 0 aliphatic carbocycles. The second-order valence-electron chi connectivity index (χ2n) is 7.56. The number of aromatic nitrogens is 1. The van der Waals surface area contributed by atoms with Gasteiger partial charge < -0.3 is 25.5 Å². The van der Waals surface area contributed by atoms with Gasteiger partial charge in [-0.05, 0) is 23.7 Å². The van der Waals surface area contributed by atoms with Crippen LogP contribution in [0, 0.1) is 0 Å². The molecule has 0 atom stereocenters. The Kier molecular flexibility index (Phi) is 7.47. The fraction of sp³-hybridized carbons (Fsp3) is 0.154. The van der Waals surface area contributed by atoms with E-state index in [9.17, 15) is 4.79 Å². The molecule has 1 heterocycles. The molecule has 8 heteroatoms. The van der Waals surface area contributed by atoms with Gasteiger partial charge in [0.25, 0.3) is 0 Å². The van der Waals surface area contributed by atoms with Crippen molar-refractivity contribution in [2.24, 2.45) is 5.73 Å². The number of benzene rings is 3. The number of halogens is 1. The first-order valence-corrected chi connectivity index (χ1v) is 11.1. The van der Waals surface area contributed by atoms with Gasteiger partial charge >= 0.3 is 0 Å². The van der Waals surface area contributed by atoms with Crippen LogP contribution in [0.2, 0.25) is 5.02 Å². The summed E-state index contributed by atoms with van der Waals surface area (Å²) in [6.07, 6.45) is 0.112. The number of Topliss-reactive ketones (excluding diaryl/α,β-unsaturated/α-hetero) is 1. The lowest BCUT2D eigenvalue weighted by Crippen LogP contribution is -2.10. The third kappa shape index (κ3) is 5.39. The third-order valence-corrected chi connectivity index (χ3v) is 5.41.